The number of methoxy groups -OCH3 is 1. The Morgan fingerprint density at radius 2 is 1.48 bits per heavy atom. The van der Waals surface area contributed by atoms with Crippen molar-refractivity contribution in [2.75, 3.05) is 7.11 Å². The van der Waals surface area contributed by atoms with Crippen molar-refractivity contribution >= 4 is 22.8 Å². The minimum absolute atomic E-state index is 0.280. The first-order valence-corrected chi connectivity index (χ1v) is 8.53. The highest BCUT2D eigenvalue weighted by atomic mass is 16.5. The van der Waals surface area contributed by atoms with Gasteiger partial charge in [-0.05, 0) is 63.2 Å². The van der Waals surface area contributed by atoms with Crippen LogP contribution in [-0.4, -0.2) is 34.9 Å². The van der Waals surface area contributed by atoms with Gasteiger partial charge >= 0.3 is 5.97 Å². The van der Waals surface area contributed by atoms with Crippen molar-refractivity contribution in [3.8, 4) is 5.75 Å². The van der Waals surface area contributed by atoms with E-state index in [1.165, 1.54) is 0 Å². The van der Waals surface area contributed by atoms with Crippen LogP contribution in [0.4, 0.5) is 0 Å². The molecule has 0 fully saturated rings. The zero-order valence-corrected chi connectivity index (χ0v) is 15.6. The molecule has 0 saturated heterocycles. The predicted molar refractivity (Wildman–Crippen MR) is 101 cm³/mol. The van der Waals surface area contributed by atoms with Crippen molar-refractivity contribution in [2.24, 2.45) is 0 Å². The summed E-state index contributed by atoms with van der Waals surface area (Å²) < 4.78 is 10.4. The first-order chi connectivity index (χ1) is 12.9. The van der Waals surface area contributed by atoms with Crippen LogP contribution in [0.25, 0.3) is 11.0 Å². The van der Waals surface area contributed by atoms with Crippen LogP contribution in [-0.2, 0) is 4.74 Å². The van der Waals surface area contributed by atoms with E-state index in [9.17, 15) is 9.59 Å². The molecule has 0 saturated carbocycles. The van der Waals surface area contributed by atoms with Crippen molar-refractivity contribution in [1.29, 1.82) is 0 Å². The number of nitrogens with zero attached hydrogens (tertiary/aromatic N) is 2. The number of Topliss-reactive ketones (excluding diaryl/α,β-unsaturated/α-hetero) is 1. The summed E-state index contributed by atoms with van der Waals surface area (Å²) in [4.78, 5) is 33.8. The minimum Gasteiger partial charge on any atom is -0.497 e. The monoisotopic (exact) mass is 364 g/mol. The second-order valence-electron chi connectivity index (χ2n) is 6.24. The summed E-state index contributed by atoms with van der Waals surface area (Å²) in [7, 11) is 1.55. The summed E-state index contributed by atoms with van der Waals surface area (Å²) in [6, 6.07) is 11.6. The lowest BCUT2D eigenvalue weighted by Gasteiger charge is -2.13. The number of aromatic nitrogens is 2. The summed E-state index contributed by atoms with van der Waals surface area (Å²) in [5, 5.41) is 0. The highest BCUT2D eigenvalue weighted by Crippen LogP contribution is 2.17. The van der Waals surface area contributed by atoms with Crippen LogP contribution in [0.2, 0.25) is 0 Å². The van der Waals surface area contributed by atoms with Gasteiger partial charge in [-0.3, -0.25) is 4.79 Å². The molecule has 6 nitrogen and oxygen atoms in total. The third-order valence-electron chi connectivity index (χ3n) is 4.34. The van der Waals surface area contributed by atoms with E-state index in [1.54, 1.807) is 56.5 Å². The van der Waals surface area contributed by atoms with Gasteiger partial charge in [-0.1, -0.05) is 0 Å². The van der Waals surface area contributed by atoms with E-state index in [1.807, 2.05) is 13.8 Å². The lowest BCUT2D eigenvalue weighted by Crippen LogP contribution is -2.24. The Labute approximate surface area is 157 Å². The quantitative estimate of drug-likeness (QED) is 0.508. The first-order valence-electron chi connectivity index (χ1n) is 8.53. The average Bonchev–Trinajstić information content (AvgIpc) is 2.68. The number of carbonyl (C=O) groups is 2. The molecule has 0 radical (unpaired) electrons. The van der Waals surface area contributed by atoms with Gasteiger partial charge in [0.1, 0.15) is 5.75 Å². The number of aryl methyl sites for hydroxylation is 2. The Balaban J connectivity index is 1.76. The fourth-order valence-corrected chi connectivity index (χ4v) is 2.63. The zero-order chi connectivity index (χ0) is 19.6. The number of benzene rings is 2. The van der Waals surface area contributed by atoms with Gasteiger partial charge in [0, 0.05) is 5.56 Å². The van der Waals surface area contributed by atoms with E-state index in [-0.39, 0.29) is 5.78 Å². The van der Waals surface area contributed by atoms with Crippen LogP contribution in [0, 0.1) is 13.8 Å². The first kappa shape index (κ1) is 18.5. The molecule has 0 aliphatic rings. The Kier molecular flexibility index (Phi) is 5.16. The molecule has 3 aromatic rings. The Morgan fingerprint density at radius 1 is 0.889 bits per heavy atom. The van der Waals surface area contributed by atoms with Crippen LogP contribution < -0.4 is 4.74 Å². The zero-order valence-electron chi connectivity index (χ0n) is 15.6. The van der Waals surface area contributed by atoms with E-state index in [2.05, 4.69) is 9.97 Å². The highest BCUT2D eigenvalue weighted by molar-refractivity contribution is 6.02. The maximum atomic E-state index is 12.5. The van der Waals surface area contributed by atoms with Crippen LogP contribution in [0.1, 0.15) is 39.0 Å². The van der Waals surface area contributed by atoms with E-state index in [4.69, 9.17) is 9.47 Å². The molecule has 6 heteroatoms. The van der Waals surface area contributed by atoms with Gasteiger partial charge in [0.05, 0.1) is 35.1 Å². The highest BCUT2D eigenvalue weighted by Gasteiger charge is 2.21. The lowest BCUT2D eigenvalue weighted by molar-refractivity contribution is 0.0319. The second kappa shape index (κ2) is 7.53. The van der Waals surface area contributed by atoms with E-state index >= 15 is 0 Å². The van der Waals surface area contributed by atoms with Crippen molar-refractivity contribution in [2.45, 2.75) is 26.9 Å². The Morgan fingerprint density at radius 3 is 2.11 bits per heavy atom. The van der Waals surface area contributed by atoms with Gasteiger partial charge in [-0.25, -0.2) is 14.8 Å². The number of hydrogen-bond acceptors (Lipinski definition) is 6. The molecule has 1 unspecified atom stereocenters. The lowest BCUT2D eigenvalue weighted by atomic mass is 10.1. The van der Waals surface area contributed by atoms with Crippen molar-refractivity contribution in [3.63, 3.8) is 0 Å². The normalized spacial score (nSPS) is 11.9. The van der Waals surface area contributed by atoms with Crippen LogP contribution in [0.3, 0.4) is 0 Å². The molecule has 0 N–H and O–H groups in total. The van der Waals surface area contributed by atoms with E-state index < -0.39 is 12.1 Å². The summed E-state index contributed by atoms with van der Waals surface area (Å²) in [5.74, 6) is -0.205. The molecule has 0 bridgehead atoms. The summed E-state index contributed by atoms with van der Waals surface area (Å²) in [6.07, 6.45) is -0.910. The molecule has 0 spiro atoms. The van der Waals surface area contributed by atoms with Gasteiger partial charge in [0.2, 0.25) is 5.78 Å². The second-order valence-corrected chi connectivity index (χ2v) is 6.24. The van der Waals surface area contributed by atoms with Gasteiger partial charge in [0.25, 0.3) is 0 Å². The van der Waals surface area contributed by atoms with Crippen molar-refractivity contribution < 1.29 is 19.1 Å². The number of carbonyl (C=O) groups excluding carboxylic acids is 2. The minimum atomic E-state index is -0.910. The van der Waals surface area contributed by atoms with Crippen LogP contribution in [0.15, 0.2) is 42.5 Å². The van der Waals surface area contributed by atoms with Gasteiger partial charge in [-0.2, -0.15) is 0 Å². The summed E-state index contributed by atoms with van der Waals surface area (Å²) in [6.45, 7) is 5.30. The smallest absolute Gasteiger partial charge is 0.338 e. The molecule has 0 aliphatic heterocycles. The van der Waals surface area contributed by atoms with E-state index in [0.717, 1.165) is 11.4 Å². The molecular weight excluding hydrogens is 344 g/mol. The largest absolute Gasteiger partial charge is 0.497 e. The summed E-state index contributed by atoms with van der Waals surface area (Å²) >= 11 is 0. The molecule has 1 atom stereocenters. The third kappa shape index (κ3) is 3.95. The number of rotatable bonds is 5. The average molecular weight is 364 g/mol. The number of ketones is 1. The van der Waals surface area contributed by atoms with Gasteiger partial charge in [-0.15, -0.1) is 0 Å². The van der Waals surface area contributed by atoms with Gasteiger partial charge in [0.15, 0.2) is 6.10 Å². The molecule has 0 amide bonds. The van der Waals surface area contributed by atoms with E-state index in [0.29, 0.717) is 27.9 Å². The molecule has 1 heterocycles. The topological polar surface area (TPSA) is 78.4 Å². The molecule has 2 aromatic carbocycles. The molecule has 138 valence electrons. The molecular formula is C21H20N2O4. The Bertz CT molecular complexity index is 1010. The maximum Gasteiger partial charge on any atom is 0.338 e. The fourth-order valence-electron chi connectivity index (χ4n) is 2.63. The molecule has 3 rings (SSSR count). The fraction of sp³-hybridized carbons (Fsp3) is 0.238. The Hall–Kier alpha value is -3.28. The SMILES string of the molecule is COc1ccc(C(=O)C(C)OC(=O)c2ccc3nc(C)c(C)nc3c2)cc1. The third-order valence-corrected chi connectivity index (χ3v) is 4.34. The number of fused-ring (bicyclic) bond motifs is 1. The predicted octanol–water partition coefficient (Wildman–Crippen LogP) is 3.68. The number of ether oxygens (including phenoxy) is 2. The standard InChI is InChI=1S/C21H20N2O4/c1-12-13(2)23-19-11-16(7-10-18(19)22-12)21(25)27-14(3)20(24)15-5-8-17(26-4)9-6-15/h5-11,14H,1-4H3. The summed E-state index contributed by atoms with van der Waals surface area (Å²) in [5.41, 5.74) is 3.74. The van der Waals surface area contributed by atoms with Crippen LogP contribution in [0.5, 0.6) is 5.75 Å². The molecule has 27 heavy (non-hydrogen) atoms. The maximum absolute atomic E-state index is 12.5. The van der Waals surface area contributed by atoms with Gasteiger partial charge < -0.3 is 9.47 Å². The number of esters is 1. The van der Waals surface area contributed by atoms with Crippen molar-refractivity contribution in [1.82, 2.24) is 9.97 Å². The van der Waals surface area contributed by atoms with Crippen LogP contribution >= 0.6 is 0 Å². The number of hydrogen-bond donors (Lipinski definition) is 0. The van der Waals surface area contributed by atoms with Crippen molar-refractivity contribution in [3.05, 3.63) is 65.0 Å². The molecule has 1 aromatic heterocycles. The molecule has 0 aliphatic carbocycles.